The molecule has 0 aromatic rings. The Kier molecular flexibility index (Phi) is 11.1. The fraction of sp³-hybridized carbons (Fsp3) is 0.850. The molecule has 8 rings (SSSR count). The first-order valence-electron chi connectivity index (χ1n) is 21.9. The number of ether oxygens (including phenoxy) is 2. The van der Waals surface area contributed by atoms with Crippen molar-refractivity contribution in [1.29, 1.82) is 0 Å². The second-order valence-corrected chi connectivity index (χ2v) is 21.9. The molecule has 8 amide bonds. The molecule has 2 spiro atoms. The molecule has 61 heavy (non-hydrogen) atoms. The van der Waals surface area contributed by atoms with Gasteiger partial charge in [0.15, 0.2) is 0 Å². The smallest absolute Gasteiger partial charge is 0.442 e. The quantitative estimate of drug-likeness (QED) is 0.360. The minimum Gasteiger partial charge on any atom is -0.444 e. The van der Waals surface area contributed by atoms with Gasteiger partial charge in [-0.25, -0.2) is 19.2 Å². The number of nitrogens with zero attached hydrogens (tertiary/aromatic N) is 6. The lowest BCUT2D eigenvalue weighted by Gasteiger charge is -2.53. The van der Waals surface area contributed by atoms with Gasteiger partial charge < -0.3 is 39.7 Å². The van der Waals surface area contributed by atoms with E-state index in [1.165, 1.54) is 9.80 Å². The number of fused-ring (bicyclic) bond motifs is 4. The average Bonchev–Trinajstić information content (AvgIpc) is 3.51. The highest BCUT2D eigenvalue weighted by molar-refractivity contribution is 7.81. The van der Waals surface area contributed by atoms with E-state index in [1.54, 1.807) is 9.80 Å². The minimum absolute atomic E-state index is 0.0190. The van der Waals surface area contributed by atoms with Crippen molar-refractivity contribution in [2.75, 3.05) is 39.3 Å². The molecule has 21 heteroatoms. The second-order valence-electron chi connectivity index (χ2n) is 20.8. The van der Waals surface area contributed by atoms with Crippen molar-refractivity contribution >= 4 is 46.5 Å². The Hall–Kier alpha value is -4.11. The first-order valence-corrected chi connectivity index (χ1v) is 23.2. The standard InChI is InChI=1S/C40H62N8O12S/c1-37(2,3)57-35(53)43-21-39(22-43)15-11-25(12-16-39)41-31(49)29-9-7-27-19-45(29)33(51)47(27)59-61(55,56)60-48-28-8-10-30(46(20-28)34(48)52)32(50)42-26-13-17-40(18-14-26)23-44(24-40)36(54)58-38(4,5)6/h25-30H,7-24H2,1-6H3,(H,41,49)(H,42,50)/t27-,28-,29+,30+/m1/s1. The number of hydrogen-bond acceptors (Lipinski definition) is 12. The number of urea groups is 2. The molecule has 4 atom stereocenters. The Morgan fingerprint density at radius 3 is 1.25 bits per heavy atom. The van der Waals surface area contributed by atoms with Gasteiger partial charge in [-0.05, 0) is 119 Å². The maximum absolute atomic E-state index is 13.5. The molecule has 8 aliphatic rings. The van der Waals surface area contributed by atoms with Gasteiger partial charge in [0.05, 0.1) is 12.1 Å². The first-order chi connectivity index (χ1) is 28.5. The summed E-state index contributed by atoms with van der Waals surface area (Å²) in [6.45, 7) is 13.7. The van der Waals surface area contributed by atoms with Crippen molar-refractivity contribution in [3.05, 3.63) is 0 Å². The molecule has 6 heterocycles. The van der Waals surface area contributed by atoms with Gasteiger partial charge in [-0.15, -0.1) is 8.57 Å². The molecule has 0 aromatic heterocycles. The third kappa shape index (κ3) is 9.05. The Bertz CT molecular complexity index is 1760. The number of amides is 8. The Labute approximate surface area is 357 Å². The molecular formula is C40H62N8O12S. The monoisotopic (exact) mass is 878 g/mol. The topological polar surface area (TPSA) is 217 Å². The number of carbonyl (C=O) groups excluding carboxylic acids is 6. The lowest BCUT2D eigenvalue weighted by molar-refractivity contribution is -0.128. The molecule has 2 N–H and O–H groups in total. The van der Waals surface area contributed by atoms with Crippen molar-refractivity contribution in [2.45, 2.75) is 166 Å². The van der Waals surface area contributed by atoms with Gasteiger partial charge in [-0.2, -0.15) is 18.5 Å². The number of carbonyl (C=O) groups is 6. The molecule has 2 aliphatic carbocycles. The van der Waals surface area contributed by atoms with Crippen LogP contribution in [0.25, 0.3) is 0 Å². The van der Waals surface area contributed by atoms with Crippen molar-refractivity contribution in [1.82, 2.24) is 40.4 Å². The summed E-state index contributed by atoms with van der Waals surface area (Å²) in [6.07, 6.45) is 6.95. The highest BCUT2D eigenvalue weighted by Crippen LogP contribution is 2.46. The molecule has 6 aliphatic heterocycles. The van der Waals surface area contributed by atoms with Crippen LogP contribution in [0.15, 0.2) is 0 Å². The largest absolute Gasteiger partial charge is 0.444 e. The molecule has 2 saturated carbocycles. The maximum Gasteiger partial charge on any atom is 0.442 e. The molecule has 340 valence electrons. The number of rotatable bonds is 8. The predicted octanol–water partition coefficient (Wildman–Crippen LogP) is 3.22. The van der Waals surface area contributed by atoms with Gasteiger partial charge >= 0.3 is 34.6 Å². The summed E-state index contributed by atoms with van der Waals surface area (Å²) < 4.78 is 48.0. The van der Waals surface area contributed by atoms with Crippen molar-refractivity contribution < 1.29 is 55.2 Å². The fourth-order valence-corrected chi connectivity index (χ4v) is 11.4. The lowest BCUT2D eigenvalue weighted by Crippen LogP contribution is -2.61. The summed E-state index contributed by atoms with van der Waals surface area (Å²) in [4.78, 5) is 85.0. The second kappa shape index (κ2) is 15.6. The Balaban J connectivity index is 0.773. The zero-order valence-corrected chi connectivity index (χ0v) is 37.0. The van der Waals surface area contributed by atoms with E-state index in [2.05, 4.69) is 10.6 Å². The molecule has 8 fully saturated rings. The van der Waals surface area contributed by atoms with Crippen LogP contribution >= 0.6 is 0 Å². The van der Waals surface area contributed by atoms with Crippen LogP contribution in [0.4, 0.5) is 19.2 Å². The molecule has 4 bridgehead atoms. The SMILES string of the molecule is CC(C)(C)OC(=O)N1CC2(CCC(NC(=O)[C@@H]3CC[C@@H]4CN3C(=O)N4OS(=O)(=O)ON3C(=O)N4C[C@H]3CC[C@H]4C(=O)NC3CCC4(CC3)CN(C(=O)OC(C)(C)C)C4)CC2)C1. The van der Waals surface area contributed by atoms with Crippen molar-refractivity contribution in [2.24, 2.45) is 10.8 Å². The highest BCUT2D eigenvalue weighted by atomic mass is 32.3. The van der Waals surface area contributed by atoms with Gasteiger partial charge in [0.1, 0.15) is 23.3 Å². The van der Waals surface area contributed by atoms with Gasteiger partial charge in [0.2, 0.25) is 11.8 Å². The summed E-state index contributed by atoms with van der Waals surface area (Å²) in [5.41, 5.74) is -1.08. The van der Waals surface area contributed by atoms with E-state index in [1.807, 2.05) is 41.5 Å². The van der Waals surface area contributed by atoms with Crippen LogP contribution in [0, 0.1) is 10.8 Å². The van der Waals surface area contributed by atoms with E-state index in [0.717, 1.165) is 61.5 Å². The minimum atomic E-state index is -4.97. The summed E-state index contributed by atoms with van der Waals surface area (Å²) in [5.74, 6) is -0.615. The first kappa shape index (κ1) is 43.5. The third-order valence-electron chi connectivity index (χ3n) is 13.8. The molecule has 6 saturated heterocycles. The van der Waals surface area contributed by atoms with E-state index in [-0.39, 0.29) is 60.0 Å². The van der Waals surface area contributed by atoms with Gasteiger partial charge in [-0.3, -0.25) is 9.59 Å². The summed E-state index contributed by atoms with van der Waals surface area (Å²) in [7, 11) is -4.97. The molecular weight excluding hydrogens is 817 g/mol. The Morgan fingerprint density at radius 1 is 0.574 bits per heavy atom. The number of hydrogen-bond donors (Lipinski definition) is 2. The zero-order valence-electron chi connectivity index (χ0n) is 36.2. The lowest BCUT2D eigenvalue weighted by atomic mass is 9.67. The van der Waals surface area contributed by atoms with Crippen molar-refractivity contribution in [3.63, 3.8) is 0 Å². The van der Waals surface area contributed by atoms with Crippen LogP contribution in [0.1, 0.15) is 119 Å². The predicted molar refractivity (Wildman–Crippen MR) is 214 cm³/mol. The van der Waals surface area contributed by atoms with E-state index >= 15 is 0 Å². The van der Waals surface area contributed by atoms with Gasteiger partial charge in [0, 0.05) is 62.2 Å². The number of nitrogens with one attached hydrogen (secondary N) is 2. The van der Waals surface area contributed by atoms with Crippen LogP contribution in [0.5, 0.6) is 0 Å². The molecule has 0 radical (unpaired) electrons. The van der Waals surface area contributed by atoms with Crippen LogP contribution in [-0.4, -0.2) is 161 Å². The van der Waals surface area contributed by atoms with E-state index in [4.69, 9.17) is 18.0 Å². The summed E-state index contributed by atoms with van der Waals surface area (Å²) >= 11 is 0. The van der Waals surface area contributed by atoms with Gasteiger partial charge in [-0.1, -0.05) is 0 Å². The van der Waals surface area contributed by atoms with E-state index in [9.17, 15) is 37.2 Å². The van der Waals surface area contributed by atoms with Crippen LogP contribution in [-0.2, 0) is 38.0 Å². The molecule has 20 nitrogen and oxygen atoms in total. The van der Waals surface area contributed by atoms with E-state index < -0.39 is 57.8 Å². The summed E-state index contributed by atoms with van der Waals surface area (Å²) in [6, 6.07) is -4.65. The highest BCUT2D eigenvalue weighted by Gasteiger charge is 2.54. The third-order valence-corrected chi connectivity index (χ3v) is 14.5. The van der Waals surface area contributed by atoms with Gasteiger partial charge in [0.25, 0.3) is 0 Å². The van der Waals surface area contributed by atoms with Crippen LogP contribution in [0.3, 0.4) is 0 Å². The number of likely N-dealkylation sites (tertiary alicyclic amines) is 2. The van der Waals surface area contributed by atoms with E-state index in [0.29, 0.717) is 51.9 Å². The number of piperidine rings is 2. The fourth-order valence-electron chi connectivity index (χ4n) is 10.6. The maximum atomic E-state index is 13.5. The normalized spacial score (nSPS) is 29.7. The molecule has 0 aromatic carbocycles. The van der Waals surface area contributed by atoms with Crippen LogP contribution < -0.4 is 10.6 Å². The number of hydroxylamine groups is 4. The molecule has 0 unspecified atom stereocenters. The Morgan fingerprint density at radius 2 is 0.918 bits per heavy atom. The average molecular weight is 879 g/mol. The van der Waals surface area contributed by atoms with Crippen molar-refractivity contribution in [3.8, 4) is 0 Å². The summed E-state index contributed by atoms with van der Waals surface area (Å²) in [5, 5.41) is 7.64. The van der Waals surface area contributed by atoms with Crippen LogP contribution in [0.2, 0.25) is 0 Å². The zero-order chi connectivity index (χ0) is 43.9.